The summed E-state index contributed by atoms with van der Waals surface area (Å²) in [5.74, 6) is 0. The molecule has 1 aliphatic rings. The molecule has 0 amide bonds. The van der Waals surface area contributed by atoms with Crippen LogP contribution in [0.2, 0.25) is 0 Å². The first-order chi connectivity index (χ1) is 9.63. The lowest BCUT2D eigenvalue weighted by molar-refractivity contribution is 0.0150. The van der Waals surface area contributed by atoms with Crippen LogP contribution in [0, 0.1) is 0 Å². The van der Waals surface area contributed by atoms with Crippen LogP contribution < -0.4 is 0 Å². The van der Waals surface area contributed by atoms with Crippen molar-refractivity contribution in [1.82, 2.24) is 9.80 Å². The number of hydrogen-bond acceptors (Lipinski definition) is 3. The van der Waals surface area contributed by atoms with Gasteiger partial charge < -0.3 is 10.0 Å². The predicted molar refractivity (Wildman–Crippen MR) is 83.8 cm³/mol. The Morgan fingerprint density at radius 1 is 1.30 bits per heavy atom. The average molecular weight is 276 g/mol. The highest BCUT2D eigenvalue weighted by atomic mass is 16.3. The van der Waals surface area contributed by atoms with E-state index in [9.17, 15) is 5.11 Å². The molecule has 0 spiro atoms. The molecule has 1 aliphatic heterocycles. The van der Waals surface area contributed by atoms with Crippen LogP contribution in [0.1, 0.15) is 37.9 Å². The summed E-state index contributed by atoms with van der Waals surface area (Å²) in [6.45, 7) is 4.35. The molecule has 0 radical (unpaired) electrons. The van der Waals surface area contributed by atoms with Crippen molar-refractivity contribution in [2.45, 2.75) is 44.4 Å². The van der Waals surface area contributed by atoms with Gasteiger partial charge in [-0.3, -0.25) is 4.90 Å². The van der Waals surface area contributed by atoms with Crippen molar-refractivity contribution in [2.24, 2.45) is 0 Å². The van der Waals surface area contributed by atoms with Crippen LogP contribution in [0.4, 0.5) is 0 Å². The van der Waals surface area contributed by atoms with E-state index in [1.54, 1.807) is 0 Å². The zero-order chi connectivity index (χ0) is 14.5. The average Bonchev–Trinajstić information content (AvgIpc) is 2.49. The van der Waals surface area contributed by atoms with E-state index in [0.717, 1.165) is 25.1 Å². The summed E-state index contributed by atoms with van der Waals surface area (Å²) in [4.78, 5) is 4.79. The molecule has 1 aromatic rings. The number of aliphatic hydroxyl groups is 1. The van der Waals surface area contributed by atoms with Crippen molar-refractivity contribution < 1.29 is 5.11 Å². The fourth-order valence-corrected chi connectivity index (χ4v) is 3.26. The van der Waals surface area contributed by atoms with Gasteiger partial charge in [-0.25, -0.2) is 0 Å². The van der Waals surface area contributed by atoms with Crippen molar-refractivity contribution in [3.63, 3.8) is 0 Å². The van der Waals surface area contributed by atoms with Crippen molar-refractivity contribution >= 4 is 0 Å². The summed E-state index contributed by atoms with van der Waals surface area (Å²) < 4.78 is 0. The molecule has 3 heteroatoms. The highest BCUT2D eigenvalue weighted by Gasteiger charge is 2.30. The second kappa shape index (κ2) is 7.21. The molecule has 3 nitrogen and oxygen atoms in total. The highest BCUT2D eigenvalue weighted by molar-refractivity contribution is 5.19. The van der Waals surface area contributed by atoms with Gasteiger partial charge in [0, 0.05) is 18.6 Å². The third-order valence-electron chi connectivity index (χ3n) is 4.55. The van der Waals surface area contributed by atoms with Crippen molar-refractivity contribution in [3.05, 3.63) is 35.9 Å². The minimum absolute atomic E-state index is 0.222. The van der Waals surface area contributed by atoms with Crippen LogP contribution in [0.15, 0.2) is 30.3 Å². The SMILES string of the molecule is CCC(C(O)c1ccccc1)N1CCCC(N(C)C)C1. The number of nitrogens with zero attached hydrogens (tertiary/aromatic N) is 2. The lowest BCUT2D eigenvalue weighted by atomic mass is 9.95. The molecule has 1 aromatic carbocycles. The fraction of sp³-hybridized carbons (Fsp3) is 0.647. The summed E-state index contributed by atoms with van der Waals surface area (Å²) in [5, 5.41) is 10.7. The van der Waals surface area contributed by atoms with Gasteiger partial charge in [-0.15, -0.1) is 0 Å². The van der Waals surface area contributed by atoms with E-state index in [4.69, 9.17) is 0 Å². The number of rotatable bonds is 5. The first-order valence-corrected chi connectivity index (χ1v) is 7.77. The summed E-state index contributed by atoms with van der Waals surface area (Å²) in [6, 6.07) is 10.9. The number of hydrogen-bond donors (Lipinski definition) is 1. The summed E-state index contributed by atoms with van der Waals surface area (Å²) >= 11 is 0. The lowest BCUT2D eigenvalue weighted by Gasteiger charge is -2.42. The molecule has 20 heavy (non-hydrogen) atoms. The molecule has 1 fully saturated rings. The molecule has 0 saturated carbocycles. The zero-order valence-electron chi connectivity index (χ0n) is 13.0. The zero-order valence-corrected chi connectivity index (χ0v) is 13.0. The quantitative estimate of drug-likeness (QED) is 0.895. The molecule has 0 aromatic heterocycles. The van der Waals surface area contributed by atoms with Crippen LogP contribution >= 0.6 is 0 Å². The Morgan fingerprint density at radius 2 is 2.00 bits per heavy atom. The Balaban J connectivity index is 2.07. The van der Waals surface area contributed by atoms with Gasteiger partial charge in [0.25, 0.3) is 0 Å². The van der Waals surface area contributed by atoms with Crippen molar-refractivity contribution in [1.29, 1.82) is 0 Å². The number of benzene rings is 1. The first-order valence-electron chi connectivity index (χ1n) is 7.77. The third-order valence-corrected chi connectivity index (χ3v) is 4.55. The molecule has 3 atom stereocenters. The Kier molecular flexibility index (Phi) is 5.58. The molecule has 1 heterocycles. The number of likely N-dealkylation sites (N-methyl/N-ethyl adjacent to an activating group) is 1. The maximum Gasteiger partial charge on any atom is 0.0945 e. The molecule has 3 unspecified atom stereocenters. The standard InChI is InChI=1S/C17H28N2O/c1-4-16(17(20)14-9-6-5-7-10-14)19-12-8-11-15(13-19)18(2)3/h5-7,9-10,15-17,20H,4,8,11-13H2,1-3H3. The summed E-state index contributed by atoms with van der Waals surface area (Å²) in [5.41, 5.74) is 1.03. The monoisotopic (exact) mass is 276 g/mol. The van der Waals surface area contributed by atoms with Gasteiger partial charge >= 0.3 is 0 Å². The van der Waals surface area contributed by atoms with Crippen LogP contribution in [0.25, 0.3) is 0 Å². The second-order valence-corrected chi connectivity index (χ2v) is 6.09. The Morgan fingerprint density at radius 3 is 2.60 bits per heavy atom. The molecule has 2 rings (SSSR count). The summed E-state index contributed by atoms with van der Waals surface area (Å²) in [6.07, 6.45) is 3.08. The van der Waals surface area contributed by atoms with E-state index < -0.39 is 0 Å². The topological polar surface area (TPSA) is 26.7 Å². The van der Waals surface area contributed by atoms with Gasteiger partial charge in [0.1, 0.15) is 0 Å². The van der Waals surface area contributed by atoms with Crippen molar-refractivity contribution in [2.75, 3.05) is 27.2 Å². The minimum atomic E-state index is -0.387. The van der Waals surface area contributed by atoms with E-state index in [1.807, 2.05) is 30.3 Å². The molecule has 112 valence electrons. The Bertz CT molecular complexity index is 393. The largest absolute Gasteiger partial charge is 0.387 e. The van der Waals surface area contributed by atoms with Gasteiger partial charge in [0.15, 0.2) is 0 Å². The van der Waals surface area contributed by atoms with Crippen LogP contribution in [0.5, 0.6) is 0 Å². The summed E-state index contributed by atoms with van der Waals surface area (Å²) in [7, 11) is 4.31. The minimum Gasteiger partial charge on any atom is -0.387 e. The Hall–Kier alpha value is -0.900. The van der Waals surface area contributed by atoms with Crippen LogP contribution in [-0.2, 0) is 0 Å². The van der Waals surface area contributed by atoms with E-state index in [2.05, 4.69) is 30.8 Å². The van der Waals surface area contributed by atoms with Gasteiger partial charge in [0.05, 0.1) is 6.10 Å². The smallest absolute Gasteiger partial charge is 0.0945 e. The van der Waals surface area contributed by atoms with E-state index >= 15 is 0 Å². The van der Waals surface area contributed by atoms with Crippen molar-refractivity contribution in [3.8, 4) is 0 Å². The predicted octanol–water partition coefficient (Wildman–Crippen LogP) is 2.52. The molecular formula is C17H28N2O. The molecular weight excluding hydrogens is 248 g/mol. The van der Waals surface area contributed by atoms with E-state index in [0.29, 0.717) is 6.04 Å². The third kappa shape index (κ3) is 3.60. The van der Waals surface area contributed by atoms with Gasteiger partial charge in [-0.2, -0.15) is 0 Å². The lowest BCUT2D eigenvalue weighted by Crippen LogP contribution is -2.50. The van der Waals surface area contributed by atoms with Gasteiger partial charge in [-0.05, 0) is 45.5 Å². The maximum atomic E-state index is 10.7. The van der Waals surface area contributed by atoms with Gasteiger partial charge in [-0.1, -0.05) is 37.3 Å². The highest BCUT2D eigenvalue weighted by Crippen LogP contribution is 2.26. The second-order valence-electron chi connectivity index (χ2n) is 6.09. The van der Waals surface area contributed by atoms with E-state index in [-0.39, 0.29) is 12.1 Å². The normalized spacial score (nSPS) is 23.8. The number of likely N-dealkylation sites (tertiary alicyclic amines) is 1. The molecule has 1 N–H and O–H groups in total. The van der Waals surface area contributed by atoms with E-state index in [1.165, 1.54) is 12.8 Å². The fourth-order valence-electron chi connectivity index (χ4n) is 3.26. The maximum absolute atomic E-state index is 10.7. The van der Waals surface area contributed by atoms with Gasteiger partial charge in [0.2, 0.25) is 0 Å². The Labute approximate surface area is 123 Å². The molecule has 1 saturated heterocycles. The van der Waals surface area contributed by atoms with Crippen LogP contribution in [-0.4, -0.2) is 54.2 Å². The van der Waals surface area contributed by atoms with Crippen LogP contribution in [0.3, 0.4) is 0 Å². The number of aliphatic hydroxyl groups excluding tert-OH is 1. The molecule has 0 aliphatic carbocycles. The first kappa shape index (κ1) is 15.5. The molecule has 0 bridgehead atoms. The number of piperidine rings is 1.